The van der Waals surface area contributed by atoms with Crippen molar-refractivity contribution in [2.45, 2.75) is 85.3 Å². The molecule has 2 rings (SSSR count). The van der Waals surface area contributed by atoms with Crippen molar-refractivity contribution >= 4 is 17.7 Å². The van der Waals surface area contributed by atoms with Crippen LogP contribution in [-0.4, -0.2) is 59.5 Å². The van der Waals surface area contributed by atoms with E-state index >= 15 is 0 Å². The van der Waals surface area contributed by atoms with E-state index in [9.17, 15) is 28.3 Å². The number of nitrogens with one attached hydrogen (secondary N) is 2. The van der Waals surface area contributed by atoms with Gasteiger partial charge < -0.3 is 20.6 Å². The van der Waals surface area contributed by atoms with Gasteiger partial charge in [-0.2, -0.15) is 0 Å². The van der Waals surface area contributed by atoms with E-state index in [-0.39, 0.29) is 48.2 Å². The predicted molar refractivity (Wildman–Crippen MR) is 157 cm³/mol. The van der Waals surface area contributed by atoms with Gasteiger partial charge in [-0.15, -0.1) is 0 Å². The fourth-order valence-electron chi connectivity index (χ4n) is 4.69. The summed E-state index contributed by atoms with van der Waals surface area (Å²) in [5.41, 5.74) is 1.63. The van der Waals surface area contributed by atoms with Crippen molar-refractivity contribution in [3.05, 3.63) is 70.3 Å². The zero-order chi connectivity index (χ0) is 30.5. The summed E-state index contributed by atoms with van der Waals surface area (Å²) in [6.45, 7) is 11.2. The molecule has 0 aromatic heterocycles. The number of hydrogen-bond acceptors (Lipinski definition) is 4. The molecule has 3 atom stereocenters. The topological polar surface area (TPSA) is 98.7 Å². The lowest BCUT2D eigenvalue weighted by atomic mass is 9.97. The highest BCUT2D eigenvalue weighted by atomic mass is 19.1. The lowest BCUT2D eigenvalue weighted by Gasteiger charge is -2.25. The van der Waals surface area contributed by atoms with Crippen LogP contribution in [0.4, 0.5) is 8.78 Å². The fraction of sp³-hybridized carbons (Fsp3) is 0.531. The summed E-state index contributed by atoms with van der Waals surface area (Å²) < 4.78 is 27.8. The molecule has 3 unspecified atom stereocenters. The van der Waals surface area contributed by atoms with Gasteiger partial charge in [0.2, 0.25) is 5.91 Å². The Hall–Kier alpha value is -3.33. The monoisotopic (exact) mass is 573 g/mol. The first kappa shape index (κ1) is 33.9. The summed E-state index contributed by atoms with van der Waals surface area (Å²) in [7, 11) is 0. The molecule has 0 aliphatic rings. The summed E-state index contributed by atoms with van der Waals surface area (Å²) in [6.07, 6.45) is 1.82. The third-order valence-electron chi connectivity index (χ3n) is 7.01. The second kappa shape index (κ2) is 16.8. The molecule has 0 saturated heterocycles. The molecule has 0 heterocycles. The number of hydrogen-bond donors (Lipinski definition) is 3. The van der Waals surface area contributed by atoms with Crippen LogP contribution < -0.4 is 10.6 Å². The van der Waals surface area contributed by atoms with E-state index in [0.717, 1.165) is 43.0 Å². The Bertz CT molecular complexity index is 1150. The smallest absolute Gasteiger partial charge is 0.253 e. The highest BCUT2D eigenvalue weighted by Crippen LogP contribution is 2.17. The number of nitrogens with zero attached hydrogens (tertiary/aromatic N) is 1. The Morgan fingerprint density at radius 3 is 2.12 bits per heavy atom. The maximum atomic E-state index is 13.9. The zero-order valence-corrected chi connectivity index (χ0v) is 24.9. The molecule has 9 heteroatoms. The molecule has 2 aromatic carbocycles. The molecule has 0 aliphatic heterocycles. The molecule has 0 saturated carbocycles. The van der Waals surface area contributed by atoms with E-state index in [0.29, 0.717) is 25.1 Å². The van der Waals surface area contributed by atoms with Crippen LogP contribution >= 0.6 is 0 Å². The van der Waals surface area contributed by atoms with E-state index in [1.54, 1.807) is 24.0 Å². The maximum Gasteiger partial charge on any atom is 0.253 e. The van der Waals surface area contributed by atoms with Crippen LogP contribution in [0, 0.1) is 24.5 Å². The van der Waals surface area contributed by atoms with Crippen molar-refractivity contribution in [1.82, 2.24) is 15.5 Å². The highest BCUT2D eigenvalue weighted by Gasteiger charge is 2.24. The van der Waals surface area contributed by atoms with Gasteiger partial charge in [-0.3, -0.25) is 14.4 Å². The second-order valence-electron chi connectivity index (χ2n) is 10.9. The third kappa shape index (κ3) is 11.2. The molecule has 0 spiro atoms. The Labute approximate surface area is 242 Å². The largest absolute Gasteiger partial charge is 0.391 e. The van der Waals surface area contributed by atoms with Gasteiger partial charge >= 0.3 is 0 Å². The number of benzene rings is 2. The molecule has 7 nitrogen and oxygen atoms in total. The lowest BCUT2D eigenvalue weighted by Crippen LogP contribution is -2.46. The normalized spacial score (nSPS) is 13.3. The van der Waals surface area contributed by atoms with Crippen molar-refractivity contribution in [2.24, 2.45) is 5.92 Å². The quantitative estimate of drug-likeness (QED) is 0.258. The number of carbonyl (C=O) groups excluding carboxylic acids is 3. The molecule has 0 bridgehead atoms. The summed E-state index contributed by atoms with van der Waals surface area (Å²) in [6, 6.07) is 7.07. The second-order valence-corrected chi connectivity index (χ2v) is 10.9. The van der Waals surface area contributed by atoms with Crippen LogP contribution in [-0.2, 0) is 11.2 Å². The Kier molecular flexibility index (Phi) is 13.9. The molecular weight excluding hydrogens is 528 g/mol. The summed E-state index contributed by atoms with van der Waals surface area (Å²) in [5, 5.41) is 16.6. The van der Waals surface area contributed by atoms with Crippen molar-refractivity contribution in [2.75, 3.05) is 19.6 Å². The fourth-order valence-corrected chi connectivity index (χ4v) is 4.69. The van der Waals surface area contributed by atoms with Gasteiger partial charge in [0.15, 0.2) is 0 Å². The minimum absolute atomic E-state index is 0.0409. The van der Waals surface area contributed by atoms with Gasteiger partial charge in [-0.25, -0.2) is 8.78 Å². The van der Waals surface area contributed by atoms with Crippen LogP contribution in [0.5, 0.6) is 0 Å². The summed E-state index contributed by atoms with van der Waals surface area (Å²) in [4.78, 5) is 40.5. The Balaban J connectivity index is 2.25. The van der Waals surface area contributed by atoms with Crippen molar-refractivity contribution in [3.8, 4) is 0 Å². The average Bonchev–Trinajstić information content (AvgIpc) is 2.91. The summed E-state index contributed by atoms with van der Waals surface area (Å²) >= 11 is 0. The number of amides is 3. The molecule has 3 N–H and O–H groups in total. The number of aliphatic hydroxyl groups is 1. The summed E-state index contributed by atoms with van der Waals surface area (Å²) in [5.74, 6) is -2.10. The Morgan fingerprint density at radius 2 is 1.54 bits per heavy atom. The molecule has 0 aliphatic carbocycles. The van der Waals surface area contributed by atoms with Gasteiger partial charge in [0.05, 0.1) is 12.1 Å². The molecule has 0 fully saturated rings. The van der Waals surface area contributed by atoms with Gasteiger partial charge in [-0.1, -0.05) is 34.1 Å². The molecule has 41 heavy (non-hydrogen) atoms. The van der Waals surface area contributed by atoms with Crippen LogP contribution in [0.15, 0.2) is 36.4 Å². The van der Waals surface area contributed by atoms with E-state index in [4.69, 9.17) is 0 Å². The van der Waals surface area contributed by atoms with Crippen molar-refractivity contribution < 1.29 is 28.3 Å². The molecule has 0 radical (unpaired) electrons. The van der Waals surface area contributed by atoms with Gasteiger partial charge in [0.25, 0.3) is 11.8 Å². The minimum Gasteiger partial charge on any atom is -0.391 e. The highest BCUT2D eigenvalue weighted by molar-refractivity contribution is 6.00. The number of rotatable bonds is 16. The van der Waals surface area contributed by atoms with Crippen LogP contribution in [0.25, 0.3) is 0 Å². The maximum absolute atomic E-state index is 13.9. The minimum atomic E-state index is -1.12. The van der Waals surface area contributed by atoms with Gasteiger partial charge in [0.1, 0.15) is 11.6 Å². The SMILES string of the molecule is CCCN(CCC)C(=O)c1cc(C)cc(C(=O)NC(Cc2cc(F)cc(F)c2)C(O)CCNC(=O)CC(C)CC)c1. The molecule has 3 amide bonds. The van der Waals surface area contributed by atoms with Crippen molar-refractivity contribution in [3.63, 3.8) is 0 Å². The predicted octanol–water partition coefficient (Wildman–Crippen LogP) is 5.18. The lowest BCUT2D eigenvalue weighted by molar-refractivity contribution is -0.122. The van der Waals surface area contributed by atoms with Crippen LogP contribution in [0.3, 0.4) is 0 Å². The first-order chi connectivity index (χ1) is 19.5. The van der Waals surface area contributed by atoms with E-state index in [1.165, 1.54) is 6.07 Å². The zero-order valence-electron chi connectivity index (χ0n) is 24.9. The number of halogens is 2. The van der Waals surface area contributed by atoms with Crippen LogP contribution in [0.1, 0.15) is 91.6 Å². The Morgan fingerprint density at radius 1 is 0.927 bits per heavy atom. The standard InChI is InChI=1S/C32H45F2N3O4/c1-6-11-37(12-7-2)32(41)25-14-22(5)13-24(19-25)31(40)36-28(18-23-16-26(33)20-27(34)17-23)29(38)9-10-35-30(39)15-21(4)8-3/h13-14,16-17,19-21,28-29,38H,6-12,15,18H2,1-5H3,(H,35,39)(H,36,40). The number of carbonyl (C=O) groups is 3. The van der Waals surface area contributed by atoms with Gasteiger partial charge in [-0.05, 0) is 80.0 Å². The van der Waals surface area contributed by atoms with E-state index < -0.39 is 29.7 Å². The first-order valence-corrected chi connectivity index (χ1v) is 14.6. The first-order valence-electron chi connectivity index (χ1n) is 14.6. The molecule has 226 valence electrons. The van der Waals surface area contributed by atoms with E-state index in [1.807, 2.05) is 27.7 Å². The number of aryl methyl sites for hydroxylation is 1. The molecular formula is C32H45F2N3O4. The third-order valence-corrected chi connectivity index (χ3v) is 7.01. The van der Waals surface area contributed by atoms with E-state index in [2.05, 4.69) is 10.6 Å². The van der Waals surface area contributed by atoms with Crippen molar-refractivity contribution in [1.29, 1.82) is 0 Å². The average molecular weight is 574 g/mol. The van der Waals surface area contributed by atoms with Gasteiger partial charge in [0, 0.05) is 43.2 Å². The van der Waals surface area contributed by atoms with Crippen LogP contribution in [0.2, 0.25) is 0 Å². The number of aliphatic hydroxyl groups excluding tert-OH is 1. The molecule has 2 aromatic rings.